The number of hydrogen-bond donors (Lipinski definition) is 0. The number of rotatable bonds is 8. The Morgan fingerprint density at radius 1 is 0.419 bits per heavy atom. The first-order chi connectivity index (χ1) is 14.9. The molecule has 0 aliphatic rings. The van der Waals surface area contributed by atoms with Gasteiger partial charge in [0, 0.05) is 47.6 Å². The van der Waals surface area contributed by atoms with Crippen LogP contribution in [0.5, 0.6) is 0 Å². The second kappa shape index (κ2) is 14.9. The standard InChI is InChI=1S/2C12H10N3.Cr/c2*1-3-7-14-11(5-1)9-13-10-12-6-2-4-8-15-12;/h2*1-10H;/q2*-1;+2. The third-order valence-electron chi connectivity index (χ3n) is 3.58. The number of aromatic nitrogens is 4. The van der Waals surface area contributed by atoms with Crippen LogP contribution >= 0.6 is 0 Å². The van der Waals surface area contributed by atoms with E-state index in [1.165, 1.54) is 0 Å². The molecule has 4 rings (SSSR count). The molecule has 0 aliphatic heterocycles. The summed E-state index contributed by atoms with van der Waals surface area (Å²) in [5.41, 5.74) is 3.35. The van der Waals surface area contributed by atoms with Gasteiger partial charge in [0.15, 0.2) is 0 Å². The van der Waals surface area contributed by atoms with Gasteiger partial charge in [-0.3, -0.25) is 19.9 Å². The van der Waals surface area contributed by atoms with E-state index in [-0.39, 0.29) is 17.4 Å². The molecule has 7 heteroatoms. The van der Waals surface area contributed by atoms with Gasteiger partial charge in [0.2, 0.25) is 0 Å². The van der Waals surface area contributed by atoms with Gasteiger partial charge in [-0.05, 0) is 48.5 Å². The van der Waals surface area contributed by atoms with Crippen molar-refractivity contribution in [2.24, 2.45) is 0 Å². The number of pyridine rings is 4. The van der Waals surface area contributed by atoms with Crippen molar-refractivity contribution < 1.29 is 17.4 Å². The normalized spacial score (nSPS) is 9.81. The third-order valence-corrected chi connectivity index (χ3v) is 3.58. The molecule has 4 radical (unpaired) electrons. The Kier molecular flexibility index (Phi) is 11.7. The zero-order chi connectivity index (χ0) is 20.7. The first-order valence-electron chi connectivity index (χ1n) is 9.27. The average molecular weight is 444 g/mol. The smallest absolute Gasteiger partial charge is 0.648 e. The third kappa shape index (κ3) is 10.1. The zero-order valence-electron chi connectivity index (χ0n) is 16.6. The molecule has 0 N–H and O–H groups in total. The van der Waals surface area contributed by atoms with Crippen LogP contribution in [0.4, 0.5) is 0 Å². The molecule has 4 heterocycles. The molecule has 31 heavy (non-hydrogen) atoms. The first-order valence-corrected chi connectivity index (χ1v) is 9.27. The van der Waals surface area contributed by atoms with Crippen LogP contribution in [0.25, 0.3) is 10.6 Å². The van der Waals surface area contributed by atoms with Crippen molar-refractivity contribution in [2.45, 2.75) is 0 Å². The van der Waals surface area contributed by atoms with Crippen LogP contribution in [0.3, 0.4) is 0 Å². The summed E-state index contributed by atoms with van der Waals surface area (Å²) < 4.78 is 0. The van der Waals surface area contributed by atoms with Crippen molar-refractivity contribution in [2.75, 3.05) is 0 Å². The summed E-state index contributed by atoms with van der Waals surface area (Å²) >= 11 is 0. The predicted molar refractivity (Wildman–Crippen MR) is 117 cm³/mol. The molecule has 0 amide bonds. The fourth-order valence-corrected chi connectivity index (χ4v) is 2.19. The summed E-state index contributed by atoms with van der Waals surface area (Å²) in [6.07, 6.45) is 6.95. The van der Waals surface area contributed by atoms with Crippen LogP contribution in [0.15, 0.2) is 97.6 Å². The minimum absolute atomic E-state index is 0. The van der Waals surface area contributed by atoms with E-state index < -0.39 is 0 Å². The van der Waals surface area contributed by atoms with E-state index in [4.69, 9.17) is 0 Å². The van der Waals surface area contributed by atoms with Crippen molar-refractivity contribution in [1.82, 2.24) is 19.9 Å². The van der Waals surface area contributed by atoms with Gasteiger partial charge in [0.05, 0.1) is 0 Å². The van der Waals surface area contributed by atoms with Gasteiger partial charge in [-0.1, -0.05) is 24.3 Å². The van der Waals surface area contributed by atoms with E-state index in [1.807, 2.05) is 72.8 Å². The maximum Gasteiger partial charge on any atom is 2.00 e. The average Bonchev–Trinajstić information content (AvgIpc) is 2.82. The molecule has 0 saturated heterocycles. The Bertz CT molecular complexity index is 781. The summed E-state index contributed by atoms with van der Waals surface area (Å²) in [5.74, 6) is 0. The van der Waals surface area contributed by atoms with Gasteiger partial charge < -0.3 is 10.6 Å². The summed E-state index contributed by atoms with van der Waals surface area (Å²) in [6, 6.07) is 22.8. The Labute approximate surface area is 194 Å². The molecular weight excluding hydrogens is 424 g/mol. The molecule has 152 valence electrons. The monoisotopic (exact) mass is 444 g/mol. The second-order valence-electron chi connectivity index (χ2n) is 5.83. The molecule has 4 aromatic rings. The van der Waals surface area contributed by atoms with E-state index in [0.717, 1.165) is 22.8 Å². The minimum atomic E-state index is 0. The fraction of sp³-hybridized carbons (Fsp3) is 0. The van der Waals surface area contributed by atoms with Gasteiger partial charge in [0.25, 0.3) is 0 Å². The van der Waals surface area contributed by atoms with Crippen molar-refractivity contribution in [1.29, 1.82) is 0 Å². The maximum absolute atomic E-state index is 4.14. The topological polar surface area (TPSA) is 79.8 Å². The molecule has 0 unspecified atom stereocenters. The second-order valence-corrected chi connectivity index (χ2v) is 5.83. The van der Waals surface area contributed by atoms with Crippen molar-refractivity contribution in [3.05, 3.63) is 157 Å². The van der Waals surface area contributed by atoms with E-state index in [0.29, 0.717) is 0 Å². The number of nitrogens with zero attached hydrogens (tertiary/aromatic N) is 6. The zero-order valence-corrected chi connectivity index (χ0v) is 17.9. The van der Waals surface area contributed by atoms with Crippen LogP contribution in [-0.2, 0) is 17.4 Å². The predicted octanol–water partition coefficient (Wildman–Crippen LogP) is 5.14. The molecule has 0 saturated carbocycles. The van der Waals surface area contributed by atoms with Crippen LogP contribution in [0.2, 0.25) is 0 Å². The maximum atomic E-state index is 4.14. The van der Waals surface area contributed by atoms with E-state index in [2.05, 4.69) is 30.6 Å². The first kappa shape index (κ1) is 24.3. The Balaban J connectivity index is 0.000000213. The summed E-state index contributed by atoms with van der Waals surface area (Å²) in [4.78, 5) is 16.5. The Morgan fingerprint density at radius 2 is 0.677 bits per heavy atom. The van der Waals surface area contributed by atoms with E-state index >= 15 is 0 Å². The van der Waals surface area contributed by atoms with E-state index in [9.17, 15) is 0 Å². The molecule has 4 aromatic heterocycles. The van der Waals surface area contributed by atoms with Crippen molar-refractivity contribution >= 4 is 0 Å². The molecular formula is C24H20CrN6. The SMILES string of the molecule is [CH]([N-][CH]c1ccccn1)c1ccccn1.[CH]([N-][CH]c1ccccn1)c1ccccn1.[Cr+2]. The summed E-state index contributed by atoms with van der Waals surface area (Å²) in [7, 11) is 0. The summed E-state index contributed by atoms with van der Waals surface area (Å²) in [6.45, 7) is 6.81. The quantitative estimate of drug-likeness (QED) is 0.377. The van der Waals surface area contributed by atoms with Gasteiger partial charge in [-0.25, -0.2) is 0 Å². The molecule has 0 aromatic carbocycles. The van der Waals surface area contributed by atoms with Crippen LogP contribution < -0.4 is 0 Å². The van der Waals surface area contributed by atoms with Crippen LogP contribution in [-0.4, -0.2) is 19.9 Å². The van der Waals surface area contributed by atoms with Gasteiger partial charge in [0.1, 0.15) is 0 Å². The molecule has 0 bridgehead atoms. The molecule has 0 atom stereocenters. The largest absolute Gasteiger partial charge is 2.00 e. The molecule has 0 spiro atoms. The number of hydrogen-bond acceptors (Lipinski definition) is 4. The fourth-order valence-electron chi connectivity index (χ4n) is 2.19. The van der Waals surface area contributed by atoms with Crippen molar-refractivity contribution in [3.8, 4) is 0 Å². The van der Waals surface area contributed by atoms with Gasteiger partial charge in [-0.15, -0.1) is 26.2 Å². The Hall–Kier alpha value is -2.95. The van der Waals surface area contributed by atoms with Gasteiger partial charge in [-0.2, -0.15) is 0 Å². The Morgan fingerprint density at radius 3 is 0.871 bits per heavy atom. The van der Waals surface area contributed by atoms with Gasteiger partial charge >= 0.3 is 17.4 Å². The van der Waals surface area contributed by atoms with Crippen LogP contribution in [0, 0.1) is 26.2 Å². The molecule has 0 aliphatic carbocycles. The van der Waals surface area contributed by atoms with Crippen LogP contribution in [0.1, 0.15) is 22.8 Å². The van der Waals surface area contributed by atoms with E-state index in [1.54, 1.807) is 51.0 Å². The molecule has 0 fully saturated rings. The minimum Gasteiger partial charge on any atom is -0.648 e. The van der Waals surface area contributed by atoms with Crippen molar-refractivity contribution in [3.63, 3.8) is 0 Å². The molecule has 6 nitrogen and oxygen atoms in total. The summed E-state index contributed by atoms with van der Waals surface area (Å²) in [5, 5.41) is 8.27.